The zero-order chi connectivity index (χ0) is 23.7. The van der Waals surface area contributed by atoms with Gasteiger partial charge in [0.05, 0.1) is 47.5 Å². The molecule has 34 heavy (non-hydrogen) atoms. The first-order valence-electron chi connectivity index (χ1n) is 12.0. The van der Waals surface area contributed by atoms with Crippen molar-refractivity contribution in [3.63, 3.8) is 0 Å². The highest BCUT2D eigenvalue weighted by molar-refractivity contribution is 5.83. The van der Waals surface area contributed by atoms with Crippen LogP contribution in [0.4, 0.5) is 22.9 Å². The average Bonchev–Trinajstić information content (AvgIpc) is 3.68. The Hall–Kier alpha value is -3.39. The SMILES string of the molecule is COCCC(=O)N1CCN(c2nc(C3CC3)c(Nc3cnc4ccccc4c3)cc2N)C[C@H]1C. The molecule has 0 unspecified atom stereocenters. The van der Waals surface area contributed by atoms with E-state index in [9.17, 15) is 4.79 Å². The number of nitrogens with one attached hydrogen (secondary N) is 1. The van der Waals surface area contributed by atoms with Gasteiger partial charge in [-0.3, -0.25) is 9.78 Å². The number of nitrogens with zero attached hydrogens (tertiary/aromatic N) is 4. The molecule has 3 aromatic rings. The van der Waals surface area contributed by atoms with Gasteiger partial charge in [-0.1, -0.05) is 18.2 Å². The van der Waals surface area contributed by atoms with Gasteiger partial charge in [0.25, 0.3) is 0 Å². The highest BCUT2D eigenvalue weighted by atomic mass is 16.5. The number of nitrogens with two attached hydrogens (primary N) is 1. The lowest BCUT2D eigenvalue weighted by molar-refractivity contribution is -0.134. The summed E-state index contributed by atoms with van der Waals surface area (Å²) in [5.41, 5.74) is 11.1. The largest absolute Gasteiger partial charge is 0.396 e. The van der Waals surface area contributed by atoms with Gasteiger partial charge in [-0.15, -0.1) is 0 Å². The van der Waals surface area contributed by atoms with Gasteiger partial charge in [-0.2, -0.15) is 0 Å². The van der Waals surface area contributed by atoms with E-state index in [1.54, 1.807) is 7.11 Å². The summed E-state index contributed by atoms with van der Waals surface area (Å²) in [4.78, 5) is 26.3. The minimum atomic E-state index is 0.0881. The van der Waals surface area contributed by atoms with Gasteiger partial charge in [-0.25, -0.2) is 4.98 Å². The number of nitrogen functional groups attached to an aromatic ring is 1. The Morgan fingerprint density at radius 2 is 2.06 bits per heavy atom. The number of benzene rings is 1. The highest BCUT2D eigenvalue weighted by Gasteiger charge is 2.32. The predicted octanol–water partition coefficient (Wildman–Crippen LogP) is 3.91. The summed E-state index contributed by atoms with van der Waals surface area (Å²) in [5, 5.41) is 4.61. The van der Waals surface area contributed by atoms with E-state index in [0.29, 0.717) is 44.3 Å². The second-order valence-electron chi connectivity index (χ2n) is 9.27. The molecule has 8 heteroatoms. The molecule has 3 heterocycles. The molecule has 1 saturated carbocycles. The number of piperazine rings is 1. The number of carbonyl (C=O) groups excluding carboxylic acids is 1. The van der Waals surface area contributed by atoms with Crippen LogP contribution in [0.2, 0.25) is 0 Å². The first-order chi connectivity index (χ1) is 16.5. The normalized spacial score (nSPS) is 18.4. The van der Waals surface area contributed by atoms with Crippen molar-refractivity contribution in [2.45, 2.75) is 38.1 Å². The highest BCUT2D eigenvalue weighted by Crippen LogP contribution is 2.45. The number of rotatable bonds is 7. The molecule has 1 aromatic carbocycles. The third-order valence-corrected chi connectivity index (χ3v) is 6.66. The maximum absolute atomic E-state index is 12.5. The Bertz CT molecular complexity index is 1200. The van der Waals surface area contributed by atoms with Crippen molar-refractivity contribution in [1.29, 1.82) is 0 Å². The van der Waals surface area contributed by atoms with Crippen LogP contribution in [0.15, 0.2) is 42.6 Å². The number of anilines is 4. The van der Waals surface area contributed by atoms with Crippen molar-refractivity contribution in [1.82, 2.24) is 14.9 Å². The van der Waals surface area contributed by atoms with Crippen LogP contribution in [-0.4, -0.2) is 60.2 Å². The first kappa shape index (κ1) is 22.4. The second-order valence-corrected chi connectivity index (χ2v) is 9.27. The van der Waals surface area contributed by atoms with Crippen LogP contribution in [0, 0.1) is 0 Å². The minimum absolute atomic E-state index is 0.0881. The number of hydrogen-bond donors (Lipinski definition) is 2. The second kappa shape index (κ2) is 9.46. The third-order valence-electron chi connectivity index (χ3n) is 6.66. The number of fused-ring (bicyclic) bond motifs is 1. The van der Waals surface area contributed by atoms with E-state index >= 15 is 0 Å². The molecule has 8 nitrogen and oxygen atoms in total. The van der Waals surface area contributed by atoms with Crippen LogP contribution in [0.5, 0.6) is 0 Å². The number of aromatic nitrogens is 2. The molecule has 1 amide bonds. The summed E-state index contributed by atoms with van der Waals surface area (Å²) < 4.78 is 5.07. The van der Waals surface area contributed by atoms with E-state index in [1.165, 1.54) is 0 Å². The Morgan fingerprint density at radius 1 is 1.24 bits per heavy atom. The molecule has 2 fully saturated rings. The molecular weight excluding hydrogens is 428 g/mol. The van der Waals surface area contributed by atoms with Crippen molar-refractivity contribution >= 4 is 39.7 Å². The number of pyridine rings is 2. The van der Waals surface area contributed by atoms with Crippen molar-refractivity contribution < 1.29 is 9.53 Å². The topological polar surface area (TPSA) is 96.6 Å². The van der Waals surface area contributed by atoms with Crippen LogP contribution < -0.4 is 16.0 Å². The lowest BCUT2D eigenvalue weighted by Crippen LogP contribution is -2.54. The number of carbonyl (C=O) groups is 1. The minimum Gasteiger partial charge on any atom is -0.396 e. The summed E-state index contributed by atoms with van der Waals surface area (Å²) in [6.07, 6.45) is 4.54. The Labute approximate surface area is 200 Å². The standard InChI is InChI=1S/C26H32N6O2/c1-17-16-31(10-11-32(17)24(33)9-12-34-2)26-21(27)14-23(25(30-26)18-7-8-18)29-20-13-19-5-3-4-6-22(19)28-15-20/h3-6,13-15,17-18,29H,7-12,16,27H2,1-2H3/t17-/m1/s1. The van der Waals surface area contributed by atoms with E-state index in [-0.39, 0.29) is 11.9 Å². The first-order valence-corrected chi connectivity index (χ1v) is 12.0. The molecule has 1 atom stereocenters. The maximum atomic E-state index is 12.5. The molecule has 0 radical (unpaired) electrons. The van der Waals surface area contributed by atoms with E-state index in [4.69, 9.17) is 15.5 Å². The van der Waals surface area contributed by atoms with E-state index in [0.717, 1.165) is 46.6 Å². The Morgan fingerprint density at radius 3 is 2.82 bits per heavy atom. The van der Waals surface area contributed by atoms with Gasteiger partial charge in [0.15, 0.2) is 5.82 Å². The van der Waals surface area contributed by atoms with Gasteiger partial charge < -0.3 is 25.6 Å². The number of ether oxygens (including phenoxy) is 1. The molecule has 1 saturated heterocycles. The van der Waals surface area contributed by atoms with Crippen LogP contribution in [-0.2, 0) is 9.53 Å². The maximum Gasteiger partial charge on any atom is 0.225 e. The summed E-state index contributed by atoms with van der Waals surface area (Å²) in [7, 11) is 1.62. The molecule has 1 aliphatic carbocycles. The summed E-state index contributed by atoms with van der Waals surface area (Å²) in [6.45, 7) is 4.61. The van der Waals surface area contributed by atoms with Crippen molar-refractivity contribution in [2.75, 3.05) is 49.3 Å². The molecule has 1 aliphatic heterocycles. The van der Waals surface area contributed by atoms with Crippen molar-refractivity contribution in [2.24, 2.45) is 0 Å². The fraction of sp³-hybridized carbons (Fsp3) is 0.423. The number of amides is 1. The zero-order valence-corrected chi connectivity index (χ0v) is 19.8. The van der Waals surface area contributed by atoms with Gasteiger partial charge >= 0.3 is 0 Å². The molecule has 5 rings (SSSR count). The molecule has 0 bridgehead atoms. The van der Waals surface area contributed by atoms with Crippen LogP contribution in [0.1, 0.15) is 37.8 Å². The summed E-state index contributed by atoms with van der Waals surface area (Å²) in [5.74, 6) is 1.40. The lowest BCUT2D eigenvalue weighted by Gasteiger charge is -2.41. The predicted molar refractivity (Wildman–Crippen MR) is 136 cm³/mol. The van der Waals surface area contributed by atoms with Gasteiger partial charge in [0.2, 0.25) is 5.91 Å². The smallest absolute Gasteiger partial charge is 0.225 e. The van der Waals surface area contributed by atoms with Crippen LogP contribution in [0.25, 0.3) is 10.9 Å². The van der Waals surface area contributed by atoms with E-state index < -0.39 is 0 Å². The number of para-hydroxylation sites is 1. The van der Waals surface area contributed by atoms with Crippen molar-refractivity contribution in [3.8, 4) is 0 Å². The van der Waals surface area contributed by atoms with Crippen LogP contribution >= 0.6 is 0 Å². The molecule has 2 aliphatic rings. The molecule has 0 spiro atoms. The molecule has 3 N–H and O–H groups in total. The Balaban J connectivity index is 1.37. The third kappa shape index (κ3) is 4.63. The quantitative estimate of drug-likeness (QED) is 0.552. The summed E-state index contributed by atoms with van der Waals surface area (Å²) in [6, 6.07) is 12.3. The summed E-state index contributed by atoms with van der Waals surface area (Å²) >= 11 is 0. The monoisotopic (exact) mass is 460 g/mol. The Kier molecular flexibility index (Phi) is 6.24. The van der Waals surface area contributed by atoms with E-state index in [2.05, 4.69) is 34.3 Å². The van der Waals surface area contributed by atoms with Gasteiger partial charge in [-0.05, 0) is 38.0 Å². The molecule has 178 valence electrons. The molecule has 2 aromatic heterocycles. The van der Waals surface area contributed by atoms with Crippen LogP contribution in [0.3, 0.4) is 0 Å². The fourth-order valence-electron chi connectivity index (χ4n) is 4.70. The van der Waals surface area contributed by atoms with E-state index in [1.807, 2.05) is 35.4 Å². The van der Waals surface area contributed by atoms with Gasteiger partial charge in [0, 0.05) is 44.1 Å². The fourth-order valence-corrected chi connectivity index (χ4v) is 4.70. The van der Waals surface area contributed by atoms with Gasteiger partial charge in [0.1, 0.15) is 0 Å². The number of hydrogen-bond acceptors (Lipinski definition) is 7. The zero-order valence-electron chi connectivity index (χ0n) is 19.8. The lowest BCUT2D eigenvalue weighted by atomic mass is 10.1. The average molecular weight is 461 g/mol. The molecular formula is C26H32N6O2. The van der Waals surface area contributed by atoms with Crippen molar-refractivity contribution in [3.05, 3.63) is 48.3 Å². The number of methoxy groups -OCH3 is 1.